The molecule has 166 valence electrons. The monoisotopic (exact) mass is 436 g/mol. The molecule has 1 saturated heterocycles. The van der Waals surface area contributed by atoms with Crippen LogP contribution in [0.2, 0.25) is 0 Å². The van der Waals surface area contributed by atoms with Gasteiger partial charge in [-0.2, -0.15) is 5.10 Å². The van der Waals surface area contributed by atoms with Crippen LogP contribution in [0.4, 0.5) is 8.78 Å². The Labute approximate surface area is 185 Å². The van der Waals surface area contributed by atoms with E-state index < -0.39 is 11.6 Å². The molecule has 5 rings (SSSR count). The van der Waals surface area contributed by atoms with Crippen molar-refractivity contribution in [3.8, 4) is 0 Å². The summed E-state index contributed by atoms with van der Waals surface area (Å²) in [5, 5.41) is 7.30. The molecule has 0 unspecified atom stereocenters. The Morgan fingerprint density at radius 1 is 1.16 bits per heavy atom. The second kappa shape index (κ2) is 8.45. The van der Waals surface area contributed by atoms with E-state index in [1.165, 1.54) is 18.2 Å². The third-order valence-corrected chi connectivity index (χ3v) is 6.68. The Kier molecular flexibility index (Phi) is 5.49. The maximum absolute atomic E-state index is 14.1. The van der Waals surface area contributed by atoms with Gasteiger partial charge in [-0.05, 0) is 68.9 Å². The van der Waals surface area contributed by atoms with Crippen molar-refractivity contribution in [3.63, 3.8) is 0 Å². The van der Waals surface area contributed by atoms with Gasteiger partial charge in [-0.25, -0.2) is 8.78 Å². The van der Waals surface area contributed by atoms with E-state index in [-0.39, 0.29) is 23.8 Å². The topological polar surface area (TPSA) is 61.9 Å². The highest BCUT2D eigenvalue weighted by Gasteiger charge is 2.30. The fourth-order valence-corrected chi connectivity index (χ4v) is 5.01. The summed E-state index contributed by atoms with van der Waals surface area (Å²) in [6, 6.07) is 7.79. The number of nitrogens with zero attached hydrogens (tertiary/aromatic N) is 3. The minimum Gasteiger partial charge on any atom is -0.337 e. The summed E-state index contributed by atoms with van der Waals surface area (Å²) < 4.78 is 28.2. The van der Waals surface area contributed by atoms with Crippen molar-refractivity contribution in [1.29, 1.82) is 0 Å². The van der Waals surface area contributed by atoms with Gasteiger partial charge >= 0.3 is 0 Å². The number of hydrogen-bond donors (Lipinski definition) is 1. The number of fused-ring (bicyclic) bond motifs is 1. The number of halogens is 2. The zero-order valence-corrected chi connectivity index (χ0v) is 18.1. The van der Waals surface area contributed by atoms with Crippen LogP contribution in [0.5, 0.6) is 0 Å². The van der Waals surface area contributed by atoms with Gasteiger partial charge in [-0.15, -0.1) is 0 Å². The highest BCUT2D eigenvalue weighted by atomic mass is 19.1. The Hall–Kier alpha value is -3.09. The maximum atomic E-state index is 14.1. The van der Waals surface area contributed by atoms with Gasteiger partial charge in [0.2, 0.25) is 0 Å². The molecule has 0 bridgehead atoms. The van der Waals surface area contributed by atoms with Gasteiger partial charge in [0.1, 0.15) is 11.6 Å². The van der Waals surface area contributed by atoms with Gasteiger partial charge < -0.3 is 4.90 Å². The molecule has 1 fully saturated rings. The molecule has 32 heavy (non-hydrogen) atoms. The normalized spacial score (nSPS) is 16.4. The van der Waals surface area contributed by atoms with Crippen molar-refractivity contribution in [2.45, 2.75) is 51.4 Å². The van der Waals surface area contributed by atoms with Crippen molar-refractivity contribution in [2.24, 2.45) is 0 Å². The number of carbonyl (C=O) groups excluding carboxylic acids is 1. The summed E-state index contributed by atoms with van der Waals surface area (Å²) in [7, 11) is 0. The molecule has 0 spiro atoms. The lowest BCUT2D eigenvalue weighted by molar-refractivity contribution is 0.0705. The molecule has 1 aliphatic heterocycles. The van der Waals surface area contributed by atoms with Crippen LogP contribution in [-0.4, -0.2) is 39.1 Å². The number of rotatable bonds is 4. The van der Waals surface area contributed by atoms with E-state index in [9.17, 15) is 13.6 Å². The first-order chi connectivity index (χ1) is 15.5. The third kappa shape index (κ3) is 3.92. The van der Waals surface area contributed by atoms with Crippen LogP contribution in [0.25, 0.3) is 0 Å². The highest BCUT2D eigenvalue weighted by Crippen LogP contribution is 2.30. The van der Waals surface area contributed by atoms with Crippen LogP contribution in [0.1, 0.15) is 69.4 Å². The number of nitrogens with one attached hydrogen (secondary N) is 1. The molecule has 0 radical (unpaired) electrons. The van der Waals surface area contributed by atoms with Gasteiger partial charge in [0.15, 0.2) is 5.69 Å². The number of piperidine rings is 1. The number of benzene rings is 1. The molecule has 1 aliphatic carbocycles. The number of H-pyrrole nitrogens is 1. The minimum atomic E-state index is -0.530. The molecule has 5 nitrogen and oxygen atoms in total. The summed E-state index contributed by atoms with van der Waals surface area (Å²) in [6.07, 6.45) is 4.77. The van der Waals surface area contributed by atoms with Crippen LogP contribution in [0.15, 0.2) is 30.3 Å². The van der Waals surface area contributed by atoms with E-state index in [1.54, 1.807) is 0 Å². The van der Waals surface area contributed by atoms with Crippen molar-refractivity contribution in [1.82, 2.24) is 20.1 Å². The van der Waals surface area contributed by atoms with Gasteiger partial charge in [0.05, 0.1) is 0 Å². The lowest BCUT2D eigenvalue weighted by atomic mass is 9.91. The number of pyridine rings is 1. The SMILES string of the molecule is Cc1cc(Cc2c(F)cccc2F)cc(C2CCN(C(=O)c3n[nH]c4c3CCC4)CC2)n1. The van der Waals surface area contributed by atoms with E-state index in [0.29, 0.717) is 18.8 Å². The average molecular weight is 437 g/mol. The molecular formula is C25H26F2N4O. The Morgan fingerprint density at radius 2 is 1.91 bits per heavy atom. The van der Waals surface area contributed by atoms with Gasteiger partial charge in [-0.1, -0.05) is 6.07 Å². The van der Waals surface area contributed by atoms with Crippen LogP contribution < -0.4 is 0 Å². The van der Waals surface area contributed by atoms with E-state index in [2.05, 4.69) is 10.2 Å². The lowest BCUT2D eigenvalue weighted by Gasteiger charge is -2.31. The van der Waals surface area contributed by atoms with Gasteiger partial charge in [0.25, 0.3) is 5.91 Å². The van der Waals surface area contributed by atoms with E-state index in [0.717, 1.165) is 60.3 Å². The fraction of sp³-hybridized carbons (Fsp3) is 0.400. The molecule has 7 heteroatoms. The number of aryl methyl sites for hydroxylation is 2. The molecule has 0 saturated carbocycles. The molecule has 1 N–H and O–H groups in total. The molecule has 3 heterocycles. The first kappa shape index (κ1) is 20.8. The lowest BCUT2D eigenvalue weighted by Crippen LogP contribution is -2.38. The smallest absolute Gasteiger partial charge is 0.274 e. The van der Waals surface area contributed by atoms with Crippen molar-refractivity contribution >= 4 is 5.91 Å². The van der Waals surface area contributed by atoms with Crippen molar-refractivity contribution in [2.75, 3.05) is 13.1 Å². The minimum absolute atomic E-state index is 0.00997. The molecule has 0 atom stereocenters. The van der Waals surface area contributed by atoms with Crippen LogP contribution in [0.3, 0.4) is 0 Å². The molecule has 2 aliphatic rings. The number of hydrogen-bond acceptors (Lipinski definition) is 3. The van der Waals surface area contributed by atoms with Crippen molar-refractivity contribution in [3.05, 3.63) is 81.4 Å². The first-order valence-corrected chi connectivity index (χ1v) is 11.3. The third-order valence-electron chi connectivity index (χ3n) is 6.68. The predicted octanol–water partition coefficient (Wildman–Crippen LogP) is 4.49. The van der Waals surface area contributed by atoms with E-state index >= 15 is 0 Å². The quantitative estimate of drug-likeness (QED) is 0.656. The Bertz CT molecular complexity index is 1140. The summed E-state index contributed by atoms with van der Waals surface area (Å²) >= 11 is 0. The van der Waals surface area contributed by atoms with Gasteiger partial charge in [0, 0.05) is 53.6 Å². The molecule has 2 aromatic heterocycles. The number of likely N-dealkylation sites (tertiary alicyclic amines) is 1. The number of amides is 1. The second-order valence-electron chi connectivity index (χ2n) is 8.87. The average Bonchev–Trinajstić information content (AvgIpc) is 3.40. The first-order valence-electron chi connectivity index (χ1n) is 11.3. The number of carbonyl (C=O) groups is 1. The standard InChI is InChI=1S/C25H26F2N4O/c1-15-12-16(13-19-20(26)5-3-6-21(19)27)14-23(28-15)17-8-10-31(11-9-17)25(32)24-18-4-2-7-22(18)29-30-24/h3,5-6,12,14,17H,2,4,7-11,13H2,1H3,(H,29,30). The molecule has 1 aromatic carbocycles. The predicted molar refractivity (Wildman–Crippen MR) is 117 cm³/mol. The summed E-state index contributed by atoms with van der Waals surface area (Å²) in [5.41, 5.74) is 5.47. The van der Waals surface area contributed by atoms with E-state index in [1.807, 2.05) is 24.0 Å². The summed E-state index contributed by atoms with van der Waals surface area (Å²) in [5.74, 6) is -0.834. The van der Waals surface area contributed by atoms with E-state index in [4.69, 9.17) is 4.98 Å². The maximum Gasteiger partial charge on any atom is 0.274 e. The number of aromatic amines is 1. The number of aromatic nitrogens is 3. The van der Waals surface area contributed by atoms with Crippen molar-refractivity contribution < 1.29 is 13.6 Å². The van der Waals surface area contributed by atoms with Crippen LogP contribution in [-0.2, 0) is 19.3 Å². The summed E-state index contributed by atoms with van der Waals surface area (Å²) in [6.45, 7) is 3.21. The fourth-order valence-electron chi connectivity index (χ4n) is 5.01. The van der Waals surface area contributed by atoms with Crippen LogP contribution >= 0.6 is 0 Å². The molecular weight excluding hydrogens is 410 g/mol. The zero-order chi connectivity index (χ0) is 22.2. The molecule has 3 aromatic rings. The Balaban J connectivity index is 1.29. The summed E-state index contributed by atoms with van der Waals surface area (Å²) in [4.78, 5) is 19.6. The second-order valence-corrected chi connectivity index (χ2v) is 8.87. The van der Waals surface area contributed by atoms with Crippen LogP contribution in [0, 0.1) is 18.6 Å². The Morgan fingerprint density at radius 3 is 2.66 bits per heavy atom. The zero-order valence-electron chi connectivity index (χ0n) is 18.1. The molecule has 1 amide bonds. The highest BCUT2D eigenvalue weighted by molar-refractivity contribution is 5.94. The largest absolute Gasteiger partial charge is 0.337 e. The van der Waals surface area contributed by atoms with Gasteiger partial charge in [-0.3, -0.25) is 14.9 Å².